The van der Waals surface area contributed by atoms with Gasteiger partial charge in [0.2, 0.25) is 5.88 Å². The van der Waals surface area contributed by atoms with Crippen molar-refractivity contribution in [2.45, 2.75) is 13.8 Å². The number of aryl methyl sites for hydroxylation is 1. The lowest BCUT2D eigenvalue weighted by Crippen LogP contribution is -2.34. The second kappa shape index (κ2) is 3.76. The first kappa shape index (κ1) is 10.0. The highest BCUT2D eigenvalue weighted by Gasteiger charge is 2.21. The zero-order chi connectivity index (χ0) is 10.0. The van der Waals surface area contributed by atoms with Crippen LogP contribution in [0.25, 0.3) is 0 Å². The van der Waals surface area contributed by atoms with Crippen molar-refractivity contribution in [2.75, 3.05) is 7.11 Å². The largest absolute Gasteiger partial charge is 0.494 e. The van der Waals surface area contributed by atoms with E-state index in [0.29, 0.717) is 5.46 Å². The normalized spacial score (nSPS) is 9.92. The van der Waals surface area contributed by atoms with Crippen LogP contribution in [-0.2, 0) is 0 Å². The van der Waals surface area contributed by atoms with Crippen LogP contribution in [0.5, 0.6) is 5.88 Å². The molecular weight excluding hydrogens is 169 g/mol. The third-order valence-corrected chi connectivity index (χ3v) is 2.05. The highest BCUT2D eigenvalue weighted by Crippen LogP contribution is 2.10. The van der Waals surface area contributed by atoms with Crippen LogP contribution in [0, 0.1) is 13.8 Å². The Morgan fingerprint density at radius 1 is 1.38 bits per heavy atom. The second-order valence-electron chi connectivity index (χ2n) is 2.86. The molecule has 0 spiro atoms. The van der Waals surface area contributed by atoms with Crippen LogP contribution in [0.4, 0.5) is 0 Å². The Labute approximate surface area is 77.3 Å². The highest BCUT2D eigenvalue weighted by atomic mass is 16.5. The number of hydrogen-bond acceptors (Lipinski definition) is 4. The maximum Gasteiger partial charge on any atom is 0.494 e. The molecule has 70 valence electrons. The third-order valence-electron chi connectivity index (χ3n) is 2.05. The maximum atomic E-state index is 9.08. The molecule has 0 saturated heterocycles. The van der Waals surface area contributed by atoms with E-state index >= 15 is 0 Å². The van der Waals surface area contributed by atoms with Gasteiger partial charge in [0.05, 0.1) is 7.11 Å². The molecule has 1 rings (SSSR count). The molecule has 4 nitrogen and oxygen atoms in total. The zero-order valence-corrected chi connectivity index (χ0v) is 7.90. The molecule has 0 amide bonds. The van der Waals surface area contributed by atoms with Gasteiger partial charge in [0, 0.05) is 11.7 Å². The topological polar surface area (TPSA) is 62.6 Å². The number of hydrogen-bond donors (Lipinski definition) is 2. The van der Waals surface area contributed by atoms with Crippen LogP contribution in [0.1, 0.15) is 11.1 Å². The quantitative estimate of drug-likeness (QED) is 0.597. The van der Waals surface area contributed by atoms with E-state index in [1.165, 1.54) is 7.11 Å². The lowest BCUT2D eigenvalue weighted by molar-refractivity contribution is 0.390. The van der Waals surface area contributed by atoms with Crippen LogP contribution in [0.15, 0.2) is 6.20 Å². The Morgan fingerprint density at radius 2 is 2.00 bits per heavy atom. The summed E-state index contributed by atoms with van der Waals surface area (Å²) in [4.78, 5) is 3.94. The van der Waals surface area contributed by atoms with E-state index in [1.807, 2.05) is 6.92 Å². The highest BCUT2D eigenvalue weighted by molar-refractivity contribution is 6.60. The summed E-state index contributed by atoms with van der Waals surface area (Å²) in [6, 6.07) is 0. The minimum Gasteiger partial charge on any atom is -0.481 e. The molecule has 13 heavy (non-hydrogen) atoms. The first-order chi connectivity index (χ1) is 6.07. The summed E-state index contributed by atoms with van der Waals surface area (Å²) in [6.07, 6.45) is 1.64. The van der Waals surface area contributed by atoms with Gasteiger partial charge in [-0.1, -0.05) is 0 Å². The van der Waals surface area contributed by atoms with Gasteiger partial charge in [0.1, 0.15) is 0 Å². The predicted molar refractivity (Wildman–Crippen MR) is 50.1 cm³/mol. The molecule has 0 aliphatic carbocycles. The van der Waals surface area contributed by atoms with Crippen LogP contribution >= 0.6 is 0 Å². The van der Waals surface area contributed by atoms with Crippen LogP contribution in [-0.4, -0.2) is 29.3 Å². The number of pyridine rings is 1. The fourth-order valence-corrected chi connectivity index (χ4v) is 1.16. The van der Waals surface area contributed by atoms with Crippen LogP contribution < -0.4 is 10.2 Å². The lowest BCUT2D eigenvalue weighted by atomic mass is 9.77. The molecule has 1 aromatic rings. The molecule has 0 saturated carbocycles. The Morgan fingerprint density at radius 3 is 2.46 bits per heavy atom. The van der Waals surface area contributed by atoms with Crippen molar-refractivity contribution in [3.05, 3.63) is 17.3 Å². The second-order valence-corrected chi connectivity index (χ2v) is 2.86. The molecule has 0 atom stereocenters. The van der Waals surface area contributed by atoms with Gasteiger partial charge < -0.3 is 14.8 Å². The van der Waals surface area contributed by atoms with E-state index in [-0.39, 0.29) is 5.88 Å². The molecule has 0 radical (unpaired) electrons. The third kappa shape index (κ3) is 1.81. The van der Waals surface area contributed by atoms with Gasteiger partial charge >= 0.3 is 7.12 Å². The predicted octanol–water partition coefficient (Wildman–Crippen LogP) is -0.613. The standard InChI is InChI=1S/C8H12BNO3/c1-5-4-10-8(13-3)7(6(5)2)9(11)12/h4,11-12H,1-3H3. The Kier molecular flexibility index (Phi) is 2.90. The van der Waals surface area contributed by atoms with Crippen LogP contribution in [0.2, 0.25) is 0 Å². The molecule has 2 N–H and O–H groups in total. The van der Waals surface area contributed by atoms with E-state index in [0.717, 1.165) is 11.1 Å². The van der Waals surface area contributed by atoms with Gasteiger partial charge in [-0.25, -0.2) is 4.98 Å². The lowest BCUT2D eigenvalue weighted by Gasteiger charge is -2.11. The van der Waals surface area contributed by atoms with Crippen LogP contribution in [0.3, 0.4) is 0 Å². The molecule has 0 fully saturated rings. The number of ether oxygens (including phenoxy) is 1. The van der Waals surface area contributed by atoms with Gasteiger partial charge in [0.25, 0.3) is 0 Å². The van der Waals surface area contributed by atoms with Gasteiger partial charge in [-0.3, -0.25) is 0 Å². The minimum absolute atomic E-state index is 0.262. The van der Waals surface area contributed by atoms with E-state index in [1.54, 1.807) is 13.1 Å². The number of aromatic nitrogens is 1. The minimum atomic E-state index is -1.54. The van der Waals surface area contributed by atoms with E-state index in [4.69, 9.17) is 14.8 Å². The van der Waals surface area contributed by atoms with Gasteiger partial charge in [-0.05, 0) is 25.0 Å². The Bertz CT molecular complexity index is 315. The van der Waals surface area contributed by atoms with Gasteiger partial charge in [-0.15, -0.1) is 0 Å². The van der Waals surface area contributed by atoms with Crippen molar-refractivity contribution in [3.8, 4) is 5.88 Å². The molecule has 1 heterocycles. The summed E-state index contributed by atoms with van der Waals surface area (Å²) >= 11 is 0. The smallest absolute Gasteiger partial charge is 0.481 e. The zero-order valence-electron chi connectivity index (χ0n) is 7.90. The van der Waals surface area contributed by atoms with Crippen molar-refractivity contribution in [1.29, 1.82) is 0 Å². The molecule has 0 aromatic carbocycles. The summed E-state index contributed by atoms with van der Waals surface area (Å²) in [5, 5.41) is 18.2. The van der Waals surface area contributed by atoms with Crippen molar-refractivity contribution in [3.63, 3.8) is 0 Å². The summed E-state index contributed by atoms with van der Waals surface area (Å²) in [7, 11) is -0.0921. The summed E-state index contributed by atoms with van der Waals surface area (Å²) < 4.78 is 4.91. The van der Waals surface area contributed by atoms with Crippen molar-refractivity contribution in [1.82, 2.24) is 4.98 Å². The van der Waals surface area contributed by atoms with E-state index in [9.17, 15) is 0 Å². The average molecular weight is 181 g/mol. The van der Waals surface area contributed by atoms with Gasteiger partial charge in [-0.2, -0.15) is 0 Å². The molecule has 1 aromatic heterocycles. The summed E-state index contributed by atoms with van der Waals surface area (Å²) in [6.45, 7) is 3.65. The average Bonchev–Trinajstić information content (AvgIpc) is 2.08. The Balaban J connectivity index is 3.32. The van der Waals surface area contributed by atoms with E-state index in [2.05, 4.69) is 4.98 Å². The fourth-order valence-electron chi connectivity index (χ4n) is 1.16. The van der Waals surface area contributed by atoms with Crippen molar-refractivity contribution < 1.29 is 14.8 Å². The maximum absolute atomic E-state index is 9.08. The number of nitrogens with zero attached hydrogens (tertiary/aromatic N) is 1. The molecule has 0 aliphatic heterocycles. The molecule has 0 bridgehead atoms. The van der Waals surface area contributed by atoms with E-state index < -0.39 is 7.12 Å². The Hall–Kier alpha value is -1.07. The monoisotopic (exact) mass is 181 g/mol. The number of rotatable bonds is 2. The molecule has 5 heteroatoms. The summed E-state index contributed by atoms with van der Waals surface area (Å²) in [5.41, 5.74) is 2.04. The summed E-state index contributed by atoms with van der Waals surface area (Å²) in [5.74, 6) is 0.262. The SMILES string of the molecule is COc1ncc(C)c(C)c1B(O)O. The van der Waals surface area contributed by atoms with Gasteiger partial charge in [0.15, 0.2) is 0 Å². The fraction of sp³-hybridized carbons (Fsp3) is 0.375. The number of methoxy groups -OCH3 is 1. The molecule has 0 aliphatic rings. The van der Waals surface area contributed by atoms with Crippen molar-refractivity contribution in [2.24, 2.45) is 0 Å². The molecule has 0 unspecified atom stereocenters. The van der Waals surface area contributed by atoms with Crippen molar-refractivity contribution >= 4 is 12.6 Å². The molecular formula is C8H12BNO3. The first-order valence-corrected chi connectivity index (χ1v) is 3.94. The first-order valence-electron chi connectivity index (χ1n) is 3.94.